The first kappa shape index (κ1) is 138. The van der Waals surface area contributed by atoms with Crippen LogP contribution < -0.4 is 0 Å². The van der Waals surface area contributed by atoms with Gasteiger partial charge in [0.25, 0.3) is 0 Å². The van der Waals surface area contributed by atoms with E-state index in [-0.39, 0.29) is 7.43 Å². The topological polar surface area (TPSA) is 64.5 Å². The van der Waals surface area contributed by atoms with Gasteiger partial charge in [0.2, 0.25) is 0 Å². The average Bonchev–Trinajstić information content (AvgIpc) is 0.906. The highest BCUT2D eigenvalue weighted by molar-refractivity contribution is 5.82. The van der Waals surface area contributed by atoms with Gasteiger partial charge in [0.05, 0.1) is 11.0 Å². The SMILES string of the molecule is C.CC.CC.CC.CC.CC.CC.CC.CC.CC.CC(C)C.CC(C)C.CC(C)C.CC(C)C.CC(C)C.CC(C)C.CC(C)C.CC(C)C.CC(C)C.CC(C)C.c1ccc2cnccc2c1.c1ccc2cnccc2c1.c1ccc2ncccc2c1.c1ccc2ncccc2c1.c1ccncc1. The first-order valence-electron chi connectivity index (χ1n) is 41.2. The Morgan fingerprint density at radius 3 is 0.495 bits per heavy atom. The average molecular weight is 1460 g/mol. The summed E-state index contributed by atoms with van der Waals surface area (Å²) >= 11 is 0. The van der Waals surface area contributed by atoms with Crippen molar-refractivity contribution in [2.75, 3.05) is 0 Å². The van der Waals surface area contributed by atoms with Crippen LogP contribution in [0.3, 0.4) is 0 Å². The zero-order valence-corrected chi connectivity index (χ0v) is 79.1. The molecule has 0 aliphatic heterocycles. The molecule has 5 aromatic heterocycles. The Balaban J connectivity index is -0.0000000577. The maximum atomic E-state index is 4.18. The molecule has 5 nitrogen and oxygen atoms in total. The summed E-state index contributed by atoms with van der Waals surface area (Å²) in [6.45, 7) is 101. The summed E-state index contributed by atoms with van der Waals surface area (Å²) in [4.78, 5) is 20.2. The molecule has 0 fully saturated rings. The summed E-state index contributed by atoms with van der Waals surface area (Å²) < 4.78 is 0. The number of pyridine rings is 5. The van der Waals surface area contributed by atoms with Gasteiger partial charge in [-0.15, -0.1) is 0 Å². The number of rotatable bonds is 0. The van der Waals surface area contributed by atoms with Crippen LogP contribution in [0.2, 0.25) is 0 Å². The molecular weight excluding hydrogens is 1270 g/mol. The third-order valence-corrected chi connectivity index (χ3v) is 6.69. The zero-order valence-electron chi connectivity index (χ0n) is 79.1. The minimum absolute atomic E-state index is 0. The number of benzene rings is 4. The lowest BCUT2D eigenvalue weighted by Crippen LogP contribution is -1.73. The molecule has 0 saturated heterocycles. The summed E-state index contributed by atoms with van der Waals surface area (Å²) in [6, 6.07) is 50.3. The zero-order chi connectivity index (χ0) is 85.3. The monoisotopic (exact) mass is 1460 g/mol. The van der Waals surface area contributed by atoms with Gasteiger partial charge in [-0.1, -0.05) is 443 Å². The Hall–Kier alpha value is -6.33. The third-order valence-electron chi connectivity index (χ3n) is 6.69. The fourth-order valence-electron chi connectivity index (χ4n) is 4.40. The number of fused-ring (bicyclic) bond motifs is 4. The number of hydrogen-bond acceptors (Lipinski definition) is 5. The van der Waals surface area contributed by atoms with Crippen molar-refractivity contribution in [1.82, 2.24) is 24.9 Å². The van der Waals surface area contributed by atoms with E-state index < -0.39 is 0 Å². The van der Waals surface area contributed by atoms with Gasteiger partial charge in [0.15, 0.2) is 0 Å². The van der Waals surface area contributed by atoms with Crippen LogP contribution >= 0.6 is 0 Å². The first-order valence-corrected chi connectivity index (χ1v) is 41.2. The van der Waals surface area contributed by atoms with Gasteiger partial charge in [-0.2, -0.15) is 0 Å². The van der Waals surface area contributed by atoms with Crippen molar-refractivity contribution in [2.24, 2.45) is 59.2 Å². The molecule has 0 saturated carbocycles. The second-order valence-electron chi connectivity index (χ2n) is 27.2. The van der Waals surface area contributed by atoms with E-state index >= 15 is 0 Å². The Labute approximate surface area is 664 Å². The van der Waals surface area contributed by atoms with Crippen molar-refractivity contribution in [2.45, 2.75) is 340 Å². The van der Waals surface area contributed by atoms with Gasteiger partial charge in [0, 0.05) is 60.3 Å². The van der Waals surface area contributed by atoms with E-state index in [9.17, 15) is 0 Å². The second-order valence-corrected chi connectivity index (χ2v) is 27.2. The normalized spacial score (nSPS) is 8.21. The van der Waals surface area contributed by atoms with Crippen LogP contribution in [0.4, 0.5) is 0 Å². The van der Waals surface area contributed by atoms with E-state index in [1.54, 1.807) is 12.4 Å². The molecule has 0 N–H and O–H groups in total. The van der Waals surface area contributed by atoms with Gasteiger partial charge in [-0.3, -0.25) is 24.9 Å². The van der Waals surface area contributed by atoms with Gasteiger partial charge >= 0.3 is 0 Å². The van der Waals surface area contributed by atoms with Gasteiger partial charge in [-0.05, 0) is 129 Å². The molecule has 0 radical (unpaired) electrons. The molecule has 9 aromatic rings. The lowest BCUT2D eigenvalue weighted by atomic mass is 10.2. The Morgan fingerprint density at radius 1 is 0.162 bits per heavy atom. The molecule has 105 heavy (non-hydrogen) atoms. The van der Waals surface area contributed by atoms with E-state index in [0.29, 0.717) is 0 Å². The standard InChI is InChI=1S/4C9H7N.C5H5N.10C4H10.9C2H6.CH4/c2*1-2-6-9-8(4-1)5-3-7-10-9;2*1-2-4-9-7-10-6-5-8(9)3-1;1-2-4-6-5-3-1;10*1-4(2)3;9*1-2;/h4*1-7H;1-5H;10*4H,1-3H3;9*1-2H3;1H4. The highest BCUT2D eigenvalue weighted by atomic mass is 14.6. The Morgan fingerprint density at radius 2 is 0.333 bits per heavy atom. The number of para-hydroxylation sites is 2. The molecule has 5 heterocycles. The largest absolute Gasteiger partial charge is 0.265 e. The number of nitrogens with zero attached hydrogens (tertiary/aromatic N) is 5. The van der Waals surface area contributed by atoms with E-state index in [1.165, 1.54) is 32.3 Å². The summed E-state index contributed by atoms with van der Waals surface area (Å²) in [6.07, 6.45) is 14.5. The van der Waals surface area contributed by atoms with Crippen LogP contribution in [-0.4, -0.2) is 24.9 Å². The quantitative estimate of drug-likeness (QED) is 0.151. The predicted octanol–water partition coefficient (Wildman–Crippen LogP) is 36.5. The van der Waals surface area contributed by atoms with Gasteiger partial charge < -0.3 is 0 Å². The van der Waals surface area contributed by atoms with Crippen LogP contribution in [0.15, 0.2) is 201 Å². The van der Waals surface area contributed by atoms with Crippen molar-refractivity contribution >= 4 is 43.4 Å². The van der Waals surface area contributed by atoms with Gasteiger partial charge in [-0.25, -0.2) is 0 Å². The minimum atomic E-state index is 0. The molecule has 9 rings (SSSR count). The van der Waals surface area contributed by atoms with Crippen LogP contribution in [0.25, 0.3) is 43.4 Å². The maximum absolute atomic E-state index is 4.18. The fraction of sp³-hybridized carbons (Fsp3) is 0.590. The van der Waals surface area contributed by atoms with E-state index in [4.69, 9.17) is 0 Å². The number of hydrogen-bond donors (Lipinski definition) is 0. The van der Waals surface area contributed by atoms with Crippen LogP contribution in [-0.2, 0) is 0 Å². The molecule has 5 heteroatoms. The Kier molecular flexibility index (Phi) is 163. The molecule has 0 aliphatic rings. The first-order chi connectivity index (χ1) is 49.2. The van der Waals surface area contributed by atoms with Crippen LogP contribution in [0.5, 0.6) is 0 Å². The molecule has 0 amide bonds. The molecular formula is C100H191N5. The van der Waals surface area contributed by atoms with Crippen LogP contribution in [0.1, 0.15) is 340 Å². The van der Waals surface area contributed by atoms with Crippen molar-refractivity contribution in [3.63, 3.8) is 0 Å². The second kappa shape index (κ2) is 124. The molecule has 0 atom stereocenters. The Bertz CT molecular complexity index is 2000. The molecule has 4 aromatic carbocycles. The predicted molar refractivity (Wildman–Crippen MR) is 505 cm³/mol. The van der Waals surface area contributed by atoms with Crippen molar-refractivity contribution in [3.05, 3.63) is 201 Å². The lowest BCUT2D eigenvalue weighted by molar-refractivity contribution is 0.736. The number of aromatic nitrogens is 5. The fourth-order valence-corrected chi connectivity index (χ4v) is 4.40. The summed E-state index contributed by atoms with van der Waals surface area (Å²) in [7, 11) is 0. The summed E-state index contributed by atoms with van der Waals surface area (Å²) in [5.74, 6) is 8.33. The lowest BCUT2D eigenvalue weighted by Gasteiger charge is -1.91. The molecule has 0 unspecified atom stereocenters. The highest BCUT2D eigenvalue weighted by Gasteiger charge is 1.90. The smallest absolute Gasteiger partial charge is 0.0701 e. The van der Waals surface area contributed by atoms with Crippen molar-refractivity contribution in [3.8, 4) is 0 Å². The molecule has 0 bridgehead atoms. The van der Waals surface area contributed by atoms with E-state index in [1.807, 2.05) is 265 Å². The van der Waals surface area contributed by atoms with E-state index in [2.05, 4.69) is 281 Å². The van der Waals surface area contributed by atoms with Crippen molar-refractivity contribution in [1.29, 1.82) is 0 Å². The minimum Gasteiger partial charge on any atom is -0.265 e. The van der Waals surface area contributed by atoms with Gasteiger partial charge in [0.1, 0.15) is 0 Å². The van der Waals surface area contributed by atoms with E-state index in [0.717, 1.165) is 70.2 Å². The van der Waals surface area contributed by atoms with Crippen molar-refractivity contribution < 1.29 is 0 Å². The third kappa shape index (κ3) is 174. The molecule has 616 valence electrons. The summed E-state index contributed by atoms with van der Waals surface area (Å²) in [5.41, 5.74) is 2.12. The van der Waals surface area contributed by atoms with Crippen LogP contribution in [0, 0.1) is 59.2 Å². The molecule has 0 spiro atoms. The summed E-state index contributed by atoms with van der Waals surface area (Å²) in [5, 5.41) is 7.29. The maximum Gasteiger partial charge on any atom is 0.0701 e. The molecule has 0 aliphatic carbocycles. The highest BCUT2D eigenvalue weighted by Crippen LogP contribution is 2.12.